The van der Waals surface area contributed by atoms with Crippen LogP contribution in [-0.2, 0) is 31.8 Å². The highest BCUT2D eigenvalue weighted by atomic mass is 16.1. The van der Waals surface area contributed by atoms with Gasteiger partial charge in [0, 0.05) is 55.1 Å². The van der Waals surface area contributed by atoms with E-state index in [4.69, 9.17) is 0 Å². The molecule has 3 aromatic heterocycles. The smallest absolute Gasteiger partial charge is 0.334 e. The summed E-state index contributed by atoms with van der Waals surface area (Å²) in [7, 11) is 2.01. The van der Waals surface area contributed by atoms with Gasteiger partial charge < -0.3 is 4.57 Å². The van der Waals surface area contributed by atoms with Crippen molar-refractivity contribution >= 4 is 6.21 Å². The summed E-state index contributed by atoms with van der Waals surface area (Å²) in [6, 6.07) is 10.3. The molecule has 1 N–H and O–H groups in total. The Bertz CT molecular complexity index is 1470. The number of aliphatic imine (C=N–C) groups is 1. The van der Waals surface area contributed by atoms with Crippen LogP contribution in [-0.4, -0.2) is 40.5 Å². The van der Waals surface area contributed by atoms with Gasteiger partial charge in [-0.3, -0.25) is 14.1 Å². The van der Waals surface area contributed by atoms with Crippen molar-refractivity contribution in [2.24, 2.45) is 12.0 Å². The SMILES string of the molecule is CCCCc1cn(-c2c(CCC)ccn2C)c(=O)n1CC1(c2cccc(-c3nnn[nH]3)c2)C=CN=CC1. The number of nitrogens with zero attached hydrogens (tertiary/aromatic N) is 7. The molecule has 9 heteroatoms. The fourth-order valence-electron chi connectivity index (χ4n) is 5.26. The molecule has 192 valence electrons. The van der Waals surface area contributed by atoms with E-state index < -0.39 is 5.41 Å². The van der Waals surface area contributed by atoms with Crippen LogP contribution < -0.4 is 5.69 Å². The van der Waals surface area contributed by atoms with Gasteiger partial charge >= 0.3 is 5.69 Å². The Morgan fingerprint density at radius 3 is 2.76 bits per heavy atom. The molecule has 1 aliphatic heterocycles. The topological polar surface area (TPSA) is 98.7 Å². The van der Waals surface area contributed by atoms with Crippen LogP contribution in [0.4, 0.5) is 0 Å². The molecule has 1 unspecified atom stereocenters. The predicted octanol–water partition coefficient (Wildman–Crippen LogP) is 4.38. The average molecular weight is 499 g/mol. The number of benzene rings is 1. The number of aromatic amines is 1. The largest absolute Gasteiger partial charge is 0.337 e. The van der Waals surface area contributed by atoms with E-state index in [-0.39, 0.29) is 5.69 Å². The van der Waals surface area contributed by atoms with Gasteiger partial charge in [0.25, 0.3) is 0 Å². The summed E-state index contributed by atoms with van der Waals surface area (Å²) < 4.78 is 5.88. The Labute approximate surface area is 216 Å². The van der Waals surface area contributed by atoms with Gasteiger partial charge in [-0.25, -0.2) is 9.89 Å². The number of rotatable bonds is 10. The first-order chi connectivity index (χ1) is 18.1. The minimum atomic E-state index is -0.428. The van der Waals surface area contributed by atoms with Gasteiger partial charge in [0.2, 0.25) is 0 Å². The van der Waals surface area contributed by atoms with E-state index in [1.165, 1.54) is 5.56 Å². The molecule has 4 aromatic rings. The predicted molar refractivity (Wildman–Crippen MR) is 145 cm³/mol. The number of tetrazole rings is 1. The fraction of sp³-hybridized carbons (Fsp3) is 0.393. The minimum absolute atomic E-state index is 0.00358. The van der Waals surface area contributed by atoms with Crippen molar-refractivity contribution in [1.82, 2.24) is 34.3 Å². The number of unbranched alkanes of at least 4 members (excludes halogenated alkanes) is 1. The van der Waals surface area contributed by atoms with Crippen LogP contribution in [0.5, 0.6) is 0 Å². The first kappa shape index (κ1) is 24.7. The number of hydrogen-bond donors (Lipinski definition) is 1. The molecule has 0 saturated heterocycles. The normalized spacial score (nSPS) is 17.1. The summed E-state index contributed by atoms with van der Waals surface area (Å²) >= 11 is 0. The van der Waals surface area contributed by atoms with Gasteiger partial charge in [-0.2, -0.15) is 0 Å². The standard InChI is InChI=1S/C28H34N8O/c1-4-6-11-24-19-35(26-21(8-5-2)12-17-34(26)3)27(37)36(24)20-28(13-15-29-16-14-28)23-10-7-9-22(18-23)25-30-32-33-31-25/h7,9-10,12-13,15-19H,4-6,8,11,14,20H2,1-3H3,(H,30,31,32,33). The Morgan fingerprint density at radius 1 is 1.14 bits per heavy atom. The zero-order valence-electron chi connectivity index (χ0n) is 21.8. The molecule has 4 heterocycles. The highest BCUT2D eigenvalue weighted by molar-refractivity contribution is 5.65. The summed E-state index contributed by atoms with van der Waals surface area (Å²) in [5.41, 5.74) is 3.82. The summed E-state index contributed by atoms with van der Waals surface area (Å²) in [6.07, 6.45) is 15.6. The molecule has 37 heavy (non-hydrogen) atoms. The van der Waals surface area contributed by atoms with Crippen LogP contribution in [0, 0.1) is 0 Å². The third-order valence-corrected chi connectivity index (χ3v) is 7.25. The van der Waals surface area contributed by atoms with Gasteiger partial charge in [0.05, 0.1) is 0 Å². The second kappa shape index (κ2) is 10.5. The number of imidazole rings is 1. The summed E-state index contributed by atoms with van der Waals surface area (Å²) in [4.78, 5) is 18.4. The summed E-state index contributed by atoms with van der Waals surface area (Å²) in [6.45, 7) is 4.87. The van der Waals surface area contributed by atoms with Gasteiger partial charge in [0.1, 0.15) is 5.82 Å². The van der Waals surface area contributed by atoms with Crippen LogP contribution in [0.15, 0.2) is 64.8 Å². The summed E-state index contributed by atoms with van der Waals surface area (Å²) in [5, 5.41) is 14.4. The van der Waals surface area contributed by atoms with Crippen molar-refractivity contribution in [2.45, 2.75) is 64.3 Å². The number of nitrogens with one attached hydrogen (secondary N) is 1. The zero-order chi connectivity index (χ0) is 25.8. The van der Waals surface area contributed by atoms with Crippen LogP contribution in [0.25, 0.3) is 17.2 Å². The van der Waals surface area contributed by atoms with Crippen molar-refractivity contribution in [2.75, 3.05) is 0 Å². The maximum atomic E-state index is 14.1. The van der Waals surface area contributed by atoms with Crippen molar-refractivity contribution in [3.05, 3.63) is 82.3 Å². The van der Waals surface area contributed by atoms with Crippen LogP contribution in [0.1, 0.15) is 56.4 Å². The Kier molecular flexibility index (Phi) is 7.03. The van der Waals surface area contributed by atoms with E-state index >= 15 is 0 Å². The molecular formula is C28H34N8O. The molecule has 0 bridgehead atoms. The monoisotopic (exact) mass is 498 g/mol. The number of aromatic nitrogens is 7. The molecule has 1 aromatic carbocycles. The Balaban J connectivity index is 1.62. The molecule has 0 saturated carbocycles. The van der Waals surface area contributed by atoms with Crippen molar-refractivity contribution in [3.8, 4) is 17.2 Å². The van der Waals surface area contributed by atoms with Crippen LogP contribution in [0.3, 0.4) is 0 Å². The van der Waals surface area contributed by atoms with E-state index in [2.05, 4.69) is 74.5 Å². The highest BCUT2D eigenvalue weighted by Crippen LogP contribution is 2.35. The van der Waals surface area contributed by atoms with E-state index in [0.29, 0.717) is 18.8 Å². The quantitative estimate of drug-likeness (QED) is 0.351. The minimum Gasteiger partial charge on any atom is -0.337 e. The molecule has 0 amide bonds. The molecule has 0 radical (unpaired) electrons. The van der Waals surface area contributed by atoms with Crippen molar-refractivity contribution in [1.29, 1.82) is 0 Å². The first-order valence-electron chi connectivity index (χ1n) is 13.1. The molecule has 1 aliphatic rings. The van der Waals surface area contributed by atoms with E-state index in [1.807, 2.05) is 46.9 Å². The van der Waals surface area contributed by atoms with Crippen molar-refractivity contribution in [3.63, 3.8) is 0 Å². The molecule has 0 fully saturated rings. The summed E-state index contributed by atoms with van der Waals surface area (Å²) in [5.74, 6) is 1.57. The highest BCUT2D eigenvalue weighted by Gasteiger charge is 2.33. The van der Waals surface area contributed by atoms with E-state index in [9.17, 15) is 4.79 Å². The molecule has 1 atom stereocenters. The van der Waals surface area contributed by atoms with Crippen LogP contribution in [0.2, 0.25) is 0 Å². The second-order valence-electron chi connectivity index (χ2n) is 9.83. The van der Waals surface area contributed by atoms with E-state index in [1.54, 1.807) is 0 Å². The lowest BCUT2D eigenvalue weighted by molar-refractivity contribution is 0.438. The van der Waals surface area contributed by atoms with Gasteiger partial charge in [-0.1, -0.05) is 51.0 Å². The first-order valence-corrected chi connectivity index (χ1v) is 13.1. The number of hydrogen-bond acceptors (Lipinski definition) is 5. The van der Waals surface area contributed by atoms with Gasteiger partial charge in [-0.15, -0.1) is 5.10 Å². The molecular weight excluding hydrogens is 464 g/mol. The number of H-pyrrole nitrogens is 1. The lowest BCUT2D eigenvalue weighted by atomic mass is 9.76. The number of aryl methyl sites for hydroxylation is 3. The fourth-order valence-corrected chi connectivity index (χ4v) is 5.26. The van der Waals surface area contributed by atoms with E-state index in [0.717, 1.165) is 54.7 Å². The Hall–Kier alpha value is -4.01. The molecule has 5 rings (SSSR count). The lowest BCUT2D eigenvalue weighted by Gasteiger charge is -2.32. The average Bonchev–Trinajstić information content (AvgIpc) is 3.65. The van der Waals surface area contributed by atoms with Gasteiger partial charge in [-0.05, 0) is 59.4 Å². The maximum absolute atomic E-state index is 14.1. The molecule has 0 aliphatic carbocycles. The van der Waals surface area contributed by atoms with Gasteiger partial charge in [0.15, 0.2) is 5.82 Å². The molecule has 0 spiro atoms. The third-order valence-electron chi connectivity index (χ3n) is 7.25. The molecule has 9 nitrogen and oxygen atoms in total. The second-order valence-corrected chi connectivity index (χ2v) is 9.83. The maximum Gasteiger partial charge on any atom is 0.334 e. The zero-order valence-corrected chi connectivity index (χ0v) is 21.8. The van der Waals surface area contributed by atoms with Crippen LogP contribution >= 0.6 is 0 Å². The lowest BCUT2D eigenvalue weighted by Crippen LogP contribution is -2.37. The van der Waals surface area contributed by atoms with Crippen molar-refractivity contribution < 1.29 is 0 Å². The third kappa shape index (κ3) is 4.73. The number of allylic oxidation sites excluding steroid dienone is 1. The Morgan fingerprint density at radius 2 is 2.03 bits per heavy atom.